The van der Waals surface area contributed by atoms with Gasteiger partial charge in [0, 0.05) is 30.3 Å². The molecule has 2 aromatic rings. The third-order valence-electron chi connectivity index (χ3n) is 4.23. The van der Waals surface area contributed by atoms with Gasteiger partial charge in [-0.25, -0.2) is 8.42 Å². The first-order valence-electron chi connectivity index (χ1n) is 9.08. The molecule has 0 saturated carbocycles. The minimum absolute atomic E-state index is 0.0199. The number of hydrogen-bond donors (Lipinski definition) is 1. The molecule has 0 aliphatic carbocycles. The standard InChI is InChI=1S/C21H25ClN2O4S/c1-4-13-24(19-10-8-18(22)9-11-19)29(26,27)20-7-5-6-17(15-20)21(25)23-16(2)12-14-28-3/h4-11,15-16H,1,12-14H2,2-3H3,(H,23,25). The van der Waals surface area contributed by atoms with Crippen LogP contribution in [0.15, 0.2) is 66.1 Å². The molecule has 1 N–H and O–H groups in total. The zero-order chi connectivity index (χ0) is 21.4. The minimum atomic E-state index is -3.91. The third-order valence-corrected chi connectivity index (χ3v) is 6.27. The Kier molecular flexibility index (Phi) is 8.25. The summed E-state index contributed by atoms with van der Waals surface area (Å²) in [6, 6.07) is 12.4. The number of amides is 1. The van der Waals surface area contributed by atoms with Gasteiger partial charge in [-0.15, -0.1) is 6.58 Å². The van der Waals surface area contributed by atoms with Crippen molar-refractivity contribution in [2.24, 2.45) is 0 Å². The van der Waals surface area contributed by atoms with E-state index in [2.05, 4.69) is 11.9 Å². The predicted octanol–water partition coefficient (Wildman–Crippen LogP) is 3.88. The van der Waals surface area contributed by atoms with E-state index in [4.69, 9.17) is 16.3 Å². The van der Waals surface area contributed by atoms with Crippen LogP contribution >= 0.6 is 11.6 Å². The number of anilines is 1. The Morgan fingerprint density at radius 1 is 1.28 bits per heavy atom. The second-order valence-corrected chi connectivity index (χ2v) is 8.78. The van der Waals surface area contributed by atoms with E-state index in [1.807, 2.05) is 6.92 Å². The quantitative estimate of drug-likeness (QED) is 0.573. The van der Waals surface area contributed by atoms with Crippen LogP contribution in [-0.2, 0) is 14.8 Å². The number of hydrogen-bond acceptors (Lipinski definition) is 4. The van der Waals surface area contributed by atoms with Crippen LogP contribution in [0.1, 0.15) is 23.7 Å². The number of rotatable bonds is 10. The van der Waals surface area contributed by atoms with Crippen molar-refractivity contribution in [2.45, 2.75) is 24.3 Å². The summed E-state index contributed by atoms with van der Waals surface area (Å²) in [6.07, 6.45) is 2.16. The van der Waals surface area contributed by atoms with Gasteiger partial charge in [0.15, 0.2) is 0 Å². The Morgan fingerprint density at radius 2 is 1.97 bits per heavy atom. The van der Waals surface area contributed by atoms with Crippen LogP contribution in [0, 0.1) is 0 Å². The van der Waals surface area contributed by atoms with Crippen molar-refractivity contribution in [1.82, 2.24) is 5.32 Å². The molecule has 0 spiro atoms. The van der Waals surface area contributed by atoms with E-state index in [1.54, 1.807) is 43.5 Å². The van der Waals surface area contributed by atoms with Gasteiger partial charge in [-0.3, -0.25) is 9.10 Å². The highest BCUT2D eigenvalue weighted by Gasteiger charge is 2.25. The first-order valence-corrected chi connectivity index (χ1v) is 10.9. The fourth-order valence-corrected chi connectivity index (χ4v) is 4.27. The molecule has 0 fully saturated rings. The molecular formula is C21H25ClN2O4S. The van der Waals surface area contributed by atoms with E-state index in [0.717, 1.165) is 0 Å². The van der Waals surface area contributed by atoms with Crippen molar-refractivity contribution < 1.29 is 17.9 Å². The van der Waals surface area contributed by atoms with Gasteiger partial charge in [-0.2, -0.15) is 0 Å². The summed E-state index contributed by atoms with van der Waals surface area (Å²) in [5.74, 6) is -0.340. The van der Waals surface area contributed by atoms with Crippen molar-refractivity contribution >= 4 is 33.2 Å². The zero-order valence-corrected chi connectivity index (χ0v) is 18.0. The average Bonchev–Trinajstić information content (AvgIpc) is 2.71. The molecule has 0 aliphatic heterocycles. The summed E-state index contributed by atoms with van der Waals surface area (Å²) >= 11 is 5.91. The molecule has 1 atom stereocenters. The fourth-order valence-electron chi connectivity index (χ4n) is 2.67. The number of methoxy groups -OCH3 is 1. The lowest BCUT2D eigenvalue weighted by molar-refractivity contribution is 0.0929. The van der Waals surface area contributed by atoms with Crippen molar-refractivity contribution in [3.8, 4) is 0 Å². The van der Waals surface area contributed by atoms with E-state index in [9.17, 15) is 13.2 Å². The first-order chi connectivity index (χ1) is 13.8. The molecule has 29 heavy (non-hydrogen) atoms. The second kappa shape index (κ2) is 10.4. The van der Waals surface area contributed by atoms with Crippen LogP contribution in [0.5, 0.6) is 0 Å². The number of nitrogens with zero attached hydrogens (tertiary/aromatic N) is 1. The van der Waals surface area contributed by atoms with Crippen LogP contribution in [0.2, 0.25) is 5.02 Å². The molecule has 1 unspecified atom stereocenters. The summed E-state index contributed by atoms with van der Waals surface area (Å²) in [7, 11) is -2.31. The number of carbonyl (C=O) groups is 1. The fraction of sp³-hybridized carbons (Fsp3) is 0.286. The van der Waals surface area contributed by atoms with Crippen LogP contribution in [0.4, 0.5) is 5.69 Å². The zero-order valence-electron chi connectivity index (χ0n) is 16.5. The van der Waals surface area contributed by atoms with E-state index in [0.29, 0.717) is 23.7 Å². The minimum Gasteiger partial charge on any atom is -0.385 e. The van der Waals surface area contributed by atoms with Gasteiger partial charge in [0.1, 0.15) is 0 Å². The maximum absolute atomic E-state index is 13.2. The largest absolute Gasteiger partial charge is 0.385 e. The summed E-state index contributed by atoms with van der Waals surface area (Å²) in [6.45, 7) is 6.11. The van der Waals surface area contributed by atoms with Crippen LogP contribution in [-0.4, -0.2) is 40.6 Å². The van der Waals surface area contributed by atoms with E-state index in [1.165, 1.54) is 22.5 Å². The summed E-state index contributed by atoms with van der Waals surface area (Å²) in [4.78, 5) is 12.5. The van der Waals surface area contributed by atoms with E-state index >= 15 is 0 Å². The molecule has 0 saturated heterocycles. The van der Waals surface area contributed by atoms with Crippen molar-refractivity contribution in [3.63, 3.8) is 0 Å². The molecule has 8 heteroatoms. The SMILES string of the molecule is C=CCN(c1ccc(Cl)cc1)S(=O)(=O)c1cccc(C(=O)NC(C)CCOC)c1. The molecule has 156 valence electrons. The van der Waals surface area contributed by atoms with Crippen LogP contribution in [0.3, 0.4) is 0 Å². The molecule has 0 aromatic heterocycles. The summed E-state index contributed by atoms with van der Waals surface area (Å²) in [5.41, 5.74) is 0.724. The molecule has 0 bridgehead atoms. The summed E-state index contributed by atoms with van der Waals surface area (Å²) in [5, 5.41) is 3.35. The number of sulfonamides is 1. The Bertz CT molecular complexity index is 945. The van der Waals surface area contributed by atoms with Gasteiger partial charge >= 0.3 is 0 Å². The van der Waals surface area contributed by atoms with Gasteiger partial charge in [-0.05, 0) is 55.8 Å². The molecular weight excluding hydrogens is 412 g/mol. The van der Waals surface area contributed by atoms with E-state index in [-0.39, 0.29) is 29.0 Å². The third kappa shape index (κ3) is 6.06. The highest BCUT2D eigenvalue weighted by molar-refractivity contribution is 7.92. The predicted molar refractivity (Wildman–Crippen MR) is 116 cm³/mol. The van der Waals surface area contributed by atoms with Crippen molar-refractivity contribution in [1.29, 1.82) is 0 Å². The summed E-state index contributed by atoms with van der Waals surface area (Å²) < 4.78 is 32.7. The maximum atomic E-state index is 13.2. The number of ether oxygens (including phenoxy) is 1. The Labute approximate surface area is 177 Å². The monoisotopic (exact) mass is 436 g/mol. The van der Waals surface area contributed by atoms with Crippen molar-refractivity contribution in [3.05, 3.63) is 71.8 Å². The molecule has 2 rings (SSSR count). The van der Waals surface area contributed by atoms with Gasteiger partial charge in [0.05, 0.1) is 17.1 Å². The van der Waals surface area contributed by atoms with E-state index < -0.39 is 10.0 Å². The van der Waals surface area contributed by atoms with Crippen LogP contribution < -0.4 is 9.62 Å². The smallest absolute Gasteiger partial charge is 0.264 e. The van der Waals surface area contributed by atoms with Crippen LogP contribution in [0.25, 0.3) is 0 Å². The van der Waals surface area contributed by atoms with Gasteiger partial charge in [0.25, 0.3) is 15.9 Å². The molecule has 0 radical (unpaired) electrons. The number of benzene rings is 2. The maximum Gasteiger partial charge on any atom is 0.264 e. The molecule has 2 aromatic carbocycles. The number of halogens is 1. The highest BCUT2D eigenvalue weighted by atomic mass is 35.5. The molecule has 0 aliphatic rings. The Balaban J connectivity index is 2.31. The average molecular weight is 437 g/mol. The normalized spacial score (nSPS) is 12.2. The molecule has 6 nitrogen and oxygen atoms in total. The Morgan fingerprint density at radius 3 is 2.59 bits per heavy atom. The topological polar surface area (TPSA) is 75.7 Å². The van der Waals surface area contributed by atoms with Gasteiger partial charge in [0.2, 0.25) is 0 Å². The number of carbonyl (C=O) groups excluding carboxylic acids is 1. The lowest BCUT2D eigenvalue weighted by Gasteiger charge is -2.23. The number of nitrogens with one attached hydrogen (secondary N) is 1. The lowest BCUT2D eigenvalue weighted by atomic mass is 10.2. The van der Waals surface area contributed by atoms with Gasteiger partial charge < -0.3 is 10.1 Å². The highest BCUT2D eigenvalue weighted by Crippen LogP contribution is 2.25. The molecule has 0 heterocycles. The van der Waals surface area contributed by atoms with Gasteiger partial charge in [-0.1, -0.05) is 23.7 Å². The lowest BCUT2D eigenvalue weighted by Crippen LogP contribution is -2.34. The first kappa shape index (κ1) is 22.9. The van der Waals surface area contributed by atoms with Crippen molar-refractivity contribution in [2.75, 3.05) is 24.6 Å². The second-order valence-electron chi connectivity index (χ2n) is 6.49. The Hall–Kier alpha value is -2.35. The molecule has 1 amide bonds.